The largest absolute Gasteiger partial charge is 0.396 e. The molecule has 0 bridgehead atoms. The molecule has 2 rings (SSSR count). The number of hydrogen-bond acceptors (Lipinski definition) is 4. The van der Waals surface area contributed by atoms with E-state index < -0.39 is 0 Å². The number of imidazole rings is 1. The van der Waals surface area contributed by atoms with Gasteiger partial charge in [0.05, 0.1) is 18.1 Å². The molecule has 0 saturated heterocycles. The molecule has 0 aliphatic heterocycles. The second kappa shape index (κ2) is 2.61. The smallest absolute Gasteiger partial charge is 0.195 e. The average molecular weight is 161 g/mol. The van der Waals surface area contributed by atoms with E-state index in [0.29, 0.717) is 17.3 Å². The zero-order valence-electron chi connectivity index (χ0n) is 6.23. The van der Waals surface area contributed by atoms with Crippen molar-refractivity contribution in [1.82, 2.24) is 19.9 Å². The standard InChI is InChI=1S/C7H7N5/c8-5-3-11-7(12-4-5)6-9-1-2-10-6/h1-4H,8H2,(H,9,10). The first-order chi connectivity index (χ1) is 5.86. The highest BCUT2D eigenvalue weighted by Gasteiger charge is 2.00. The SMILES string of the molecule is Nc1cnc(-c2ncc[nH]2)nc1. The summed E-state index contributed by atoms with van der Waals surface area (Å²) in [6.07, 6.45) is 6.46. The van der Waals surface area contributed by atoms with Gasteiger partial charge in [-0.05, 0) is 0 Å². The molecule has 3 N–H and O–H groups in total. The third-order valence-electron chi connectivity index (χ3n) is 1.38. The van der Waals surface area contributed by atoms with E-state index in [1.165, 1.54) is 0 Å². The third-order valence-corrected chi connectivity index (χ3v) is 1.38. The van der Waals surface area contributed by atoms with Crippen molar-refractivity contribution in [1.29, 1.82) is 0 Å². The van der Waals surface area contributed by atoms with Gasteiger partial charge in [-0.1, -0.05) is 0 Å². The molecule has 5 nitrogen and oxygen atoms in total. The summed E-state index contributed by atoms with van der Waals surface area (Å²) in [7, 11) is 0. The molecule has 0 radical (unpaired) electrons. The second-order valence-corrected chi connectivity index (χ2v) is 2.28. The first kappa shape index (κ1) is 6.78. The molecule has 12 heavy (non-hydrogen) atoms. The Balaban J connectivity index is 2.43. The summed E-state index contributed by atoms with van der Waals surface area (Å²) in [5.41, 5.74) is 5.97. The van der Waals surface area contributed by atoms with Gasteiger partial charge in [-0.3, -0.25) is 0 Å². The van der Waals surface area contributed by atoms with Crippen LogP contribution in [0.5, 0.6) is 0 Å². The van der Waals surface area contributed by atoms with E-state index in [1.807, 2.05) is 0 Å². The van der Waals surface area contributed by atoms with Crippen molar-refractivity contribution in [2.45, 2.75) is 0 Å². The maximum atomic E-state index is 5.42. The van der Waals surface area contributed by atoms with Gasteiger partial charge in [0.2, 0.25) is 0 Å². The van der Waals surface area contributed by atoms with Crippen LogP contribution in [-0.4, -0.2) is 19.9 Å². The normalized spacial score (nSPS) is 10.0. The van der Waals surface area contributed by atoms with Crippen LogP contribution in [0.25, 0.3) is 11.6 Å². The number of nitrogens with two attached hydrogens (primary N) is 1. The first-order valence-corrected chi connectivity index (χ1v) is 3.43. The molecule has 60 valence electrons. The lowest BCUT2D eigenvalue weighted by Gasteiger charge is -1.94. The summed E-state index contributed by atoms with van der Waals surface area (Å²) in [4.78, 5) is 14.9. The van der Waals surface area contributed by atoms with Crippen LogP contribution in [0.2, 0.25) is 0 Å². The molecule has 2 aromatic rings. The van der Waals surface area contributed by atoms with Gasteiger partial charge in [-0.2, -0.15) is 0 Å². The van der Waals surface area contributed by atoms with Gasteiger partial charge < -0.3 is 10.7 Å². The van der Waals surface area contributed by atoms with Crippen LogP contribution in [-0.2, 0) is 0 Å². The van der Waals surface area contributed by atoms with Gasteiger partial charge in [0, 0.05) is 12.4 Å². The minimum absolute atomic E-state index is 0.547. The predicted molar refractivity (Wildman–Crippen MR) is 44.0 cm³/mol. The number of nitrogens with zero attached hydrogens (tertiary/aromatic N) is 3. The van der Waals surface area contributed by atoms with Crippen molar-refractivity contribution in [2.75, 3.05) is 5.73 Å². The van der Waals surface area contributed by atoms with Gasteiger partial charge in [0.1, 0.15) is 0 Å². The fraction of sp³-hybridized carbons (Fsp3) is 0. The number of aromatic amines is 1. The number of hydrogen-bond donors (Lipinski definition) is 2. The molecule has 2 heterocycles. The Morgan fingerprint density at radius 1 is 1.17 bits per heavy atom. The lowest BCUT2D eigenvalue weighted by molar-refractivity contribution is 1.12. The van der Waals surface area contributed by atoms with E-state index in [4.69, 9.17) is 5.73 Å². The quantitative estimate of drug-likeness (QED) is 0.636. The topological polar surface area (TPSA) is 80.5 Å². The Kier molecular flexibility index (Phi) is 1.48. The van der Waals surface area contributed by atoms with Crippen molar-refractivity contribution < 1.29 is 0 Å². The van der Waals surface area contributed by atoms with Gasteiger partial charge in [-0.25, -0.2) is 15.0 Å². The van der Waals surface area contributed by atoms with E-state index in [0.717, 1.165) is 0 Å². The Labute approximate surface area is 68.7 Å². The van der Waals surface area contributed by atoms with E-state index in [9.17, 15) is 0 Å². The Bertz CT molecular complexity index is 350. The highest BCUT2D eigenvalue weighted by atomic mass is 15.0. The molecular formula is C7H7N5. The first-order valence-electron chi connectivity index (χ1n) is 3.43. The van der Waals surface area contributed by atoms with Gasteiger partial charge in [0.15, 0.2) is 11.6 Å². The highest BCUT2D eigenvalue weighted by Crippen LogP contribution is 2.07. The van der Waals surface area contributed by atoms with Crippen LogP contribution >= 0.6 is 0 Å². The lowest BCUT2D eigenvalue weighted by Crippen LogP contribution is -1.93. The number of H-pyrrole nitrogens is 1. The van der Waals surface area contributed by atoms with Crippen molar-refractivity contribution >= 4 is 5.69 Å². The van der Waals surface area contributed by atoms with Crippen LogP contribution in [0, 0.1) is 0 Å². The zero-order valence-corrected chi connectivity index (χ0v) is 6.23. The maximum Gasteiger partial charge on any atom is 0.195 e. The Morgan fingerprint density at radius 2 is 1.92 bits per heavy atom. The maximum absolute atomic E-state index is 5.42. The summed E-state index contributed by atoms with van der Waals surface area (Å²) >= 11 is 0. The summed E-state index contributed by atoms with van der Waals surface area (Å²) < 4.78 is 0. The monoisotopic (exact) mass is 161 g/mol. The van der Waals surface area contributed by atoms with Crippen molar-refractivity contribution in [3.63, 3.8) is 0 Å². The number of nitrogen functional groups attached to an aromatic ring is 1. The fourth-order valence-corrected chi connectivity index (χ4v) is 0.848. The number of anilines is 1. The molecule has 0 unspecified atom stereocenters. The molecule has 0 fully saturated rings. The molecule has 0 aliphatic carbocycles. The van der Waals surface area contributed by atoms with E-state index in [-0.39, 0.29) is 0 Å². The van der Waals surface area contributed by atoms with E-state index in [2.05, 4.69) is 19.9 Å². The molecule has 0 amide bonds. The number of aromatic nitrogens is 4. The summed E-state index contributed by atoms with van der Waals surface area (Å²) in [5, 5.41) is 0. The number of nitrogens with one attached hydrogen (secondary N) is 1. The van der Waals surface area contributed by atoms with Gasteiger partial charge in [0.25, 0.3) is 0 Å². The van der Waals surface area contributed by atoms with Crippen LogP contribution in [0.15, 0.2) is 24.8 Å². The van der Waals surface area contributed by atoms with Crippen LogP contribution in [0.4, 0.5) is 5.69 Å². The second-order valence-electron chi connectivity index (χ2n) is 2.28. The molecule has 0 atom stereocenters. The van der Waals surface area contributed by atoms with Crippen LogP contribution in [0.1, 0.15) is 0 Å². The summed E-state index contributed by atoms with van der Waals surface area (Å²) in [6, 6.07) is 0. The predicted octanol–water partition coefficient (Wildman–Crippen LogP) is 0.449. The summed E-state index contributed by atoms with van der Waals surface area (Å²) in [5.74, 6) is 1.20. The minimum Gasteiger partial charge on any atom is -0.396 e. The van der Waals surface area contributed by atoms with Crippen molar-refractivity contribution in [3.05, 3.63) is 24.8 Å². The Hall–Kier alpha value is -1.91. The van der Waals surface area contributed by atoms with Crippen molar-refractivity contribution in [2.24, 2.45) is 0 Å². The van der Waals surface area contributed by atoms with Crippen LogP contribution < -0.4 is 5.73 Å². The number of rotatable bonds is 1. The Morgan fingerprint density at radius 3 is 2.50 bits per heavy atom. The van der Waals surface area contributed by atoms with Crippen LogP contribution in [0.3, 0.4) is 0 Å². The molecule has 0 saturated carbocycles. The molecule has 0 aromatic carbocycles. The van der Waals surface area contributed by atoms with Gasteiger partial charge >= 0.3 is 0 Å². The molecule has 2 aromatic heterocycles. The molecule has 5 heteroatoms. The average Bonchev–Trinajstić information content (AvgIpc) is 2.58. The van der Waals surface area contributed by atoms with Gasteiger partial charge in [-0.15, -0.1) is 0 Å². The van der Waals surface area contributed by atoms with E-state index >= 15 is 0 Å². The minimum atomic E-state index is 0.547. The van der Waals surface area contributed by atoms with Crippen molar-refractivity contribution in [3.8, 4) is 11.6 Å². The highest BCUT2D eigenvalue weighted by molar-refractivity contribution is 5.44. The molecular weight excluding hydrogens is 154 g/mol. The molecule has 0 aliphatic rings. The lowest BCUT2D eigenvalue weighted by atomic mass is 10.5. The third kappa shape index (κ3) is 1.12. The van der Waals surface area contributed by atoms with E-state index in [1.54, 1.807) is 24.8 Å². The fourth-order valence-electron chi connectivity index (χ4n) is 0.848. The zero-order chi connectivity index (χ0) is 8.39. The molecule has 0 spiro atoms. The summed E-state index contributed by atoms with van der Waals surface area (Å²) in [6.45, 7) is 0.